The highest BCUT2D eigenvalue weighted by Crippen LogP contribution is 2.30. The van der Waals surface area contributed by atoms with Crippen LogP contribution in [-0.2, 0) is 9.47 Å². The summed E-state index contributed by atoms with van der Waals surface area (Å²) in [6.07, 6.45) is 3.52. The normalized spacial score (nSPS) is 32.8. The summed E-state index contributed by atoms with van der Waals surface area (Å²) in [7, 11) is 1.81. The van der Waals surface area contributed by atoms with Crippen molar-refractivity contribution in [1.82, 2.24) is 10.6 Å². The van der Waals surface area contributed by atoms with Crippen molar-refractivity contribution in [3.63, 3.8) is 0 Å². The fraction of sp³-hybridized carbons (Fsp3) is 1.00. The second-order valence-corrected chi connectivity index (χ2v) is 5.90. The van der Waals surface area contributed by atoms with E-state index in [0.717, 1.165) is 45.9 Å². The van der Waals surface area contributed by atoms with Gasteiger partial charge in [-0.15, -0.1) is 0 Å². The molecule has 0 aromatic carbocycles. The summed E-state index contributed by atoms with van der Waals surface area (Å²) in [6, 6.07) is 0. The molecule has 2 heterocycles. The lowest BCUT2D eigenvalue weighted by Crippen LogP contribution is -2.52. The van der Waals surface area contributed by atoms with Crippen molar-refractivity contribution in [2.24, 2.45) is 5.41 Å². The highest BCUT2D eigenvalue weighted by atomic mass is 16.5. The molecule has 100 valence electrons. The van der Waals surface area contributed by atoms with Gasteiger partial charge in [0.2, 0.25) is 0 Å². The first-order valence-corrected chi connectivity index (χ1v) is 6.71. The molecule has 2 rings (SSSR count). The maximum absolute atomic E-state index is 5.49. The molecule has 2 N–H and O–H groups in total. The van der Waals surface area contributed by atoms with Gasteiger partial charge in [0.1, 0.15) is 0 Å². The van der Waals surface area contributed by atoms with E-state index in [1.54, 1.807) is 0 Å². The molecule has 4 nitrogen and oxygen atoms in total. The summed E-state index contributed by atoms with van der Waals surface area (Å²) in [5, 5.41) is 7.15. The molecule has 0 spiro atoms. The van der Waals surface area contributed by atoms with Gasteiger partial charge in [0.25, 0.3) is 0 Å². The van der Waals surface area contributed by atoms with Crippen molar-refractivity contribution in [3.05, 3.63) is 0 Å². The molecule has 1 unspecified atom stereocenters. The van der Waals surface area contributed by atoms with Crippen LogP contribution in [0, 0.1) is 5.41 Å². The maximum atomic E-state index is 5.49. The molecule has 2 fully saturated rings. The Hall–Kier alpha value is -0.160. The van der Waals surface area contributed by atoms with Crippen LogP contribution in [0.3, 0.4) is 0 Å². The Morgan fingerprint density at radius 3 is 2.65 bits per heavy atom. The molecule has 0 aromatic heterocycles. The van der Waals surface area contributed by atoms with Crippen LogP contribution in [0.2, 0.25) is 0 Å². The monoisotopic (exact) mass is 242 g/mol. The van der Waals surface area contributed by atoms with E-state index < -0.39 is 0 Å². The Balaban J connectivity index is 1.88. The van der Waals surface area contributed by atoms with Gasteiger partial charge in [-0.2, -0.15) is 0 Å². The van der Waals surface area contributed by atoms with Crippen LogP contribution < -0.4 is 10.6 Å². The van der Waals surface area contributed by atoms with E-state index in [4.69, 9.17) is 9.47 Å². The molecule has 2 aliphatic heterocycles. The number of piperidine rings is 1. The smallest absolute Gasteiger partial charge is 0.0646 e. The molecule has 17 heavy (non-hydrogen) atoms. The molecule has 2 aliphatic rings. The zero-order chi connectivity index (χ0) is 12.2. The number of hydrogen-bond acceptors (Lipinski definition) is 4. The SMILES string of the molecule is COCC1(CNC2(C)CCOC2)CCNCC1. The zero-order valence-electron chi connectivity index (χ0n) is 11.2. The van der Waals surface area contributed by atoms with Crippen molar-refractivity contribution in [3.8, 4) is 0 Å². The first-order chi connectivity index (χ1) is 8.18. The van der Waals surface area contributed by atoms with E-state index in [0.29, 0.717) is 5.41 Å². The minimum Gasteiger partial charge on any atom is -0.384 e. The van der Waals surface area contributed by atoms with Gasteiger partial charge >= 0.3 is 0 Å². The Labute approximate surface area is 104 Å². The highest BCUT2D eigenvalue weighted by molar-refractivity contribution is 4.93. The van der Waals surface area contributed by atoms with Gasteiger partial charge in [-0.25, -0.2) is 0 Å². The summed E-state index contributed by atoms with van der Waals surface area (Å²) in [5.41, 5.74) is 0.483. The van der Waals surface area contributed by atoms with Crippen LogP contribution in [0.5, 0.6) is 0 Å². The predicted molar refractivity (Wildman–Crippen MR) is 68.3 cm³/mol. The number of ether oxygens (including phenoxy) is 2. The number of nitrogens with one attached hydrogen (secondary N) is 2. The third-order valence-electron chi connectivity index (χ3n) is 4.22. The molecular weight excluding hydrogens is 216 g/mol. The molecule has 4 heteroatoms. The molecule has 0 amide bonds. The van der Waals surface area contributed by atoms with Crippen LogP contribution in [0.25, 0.3) is 0 Å². The summed E-state index contributed by atoms with van der Waals surface area (Å²) >= 11 is 0. The molecule has 2 saturated heterocycles. The average Bonchev–Trinajstić information content (AvgIpc) is 2.76. The number of rotatable bonds is 5. The fourth-order valence-corrected chi connectivity index (χ4v) is 2.84. The van der Waals surface area contributed by atoms with Gasteiger partial charge < -0.3 is 20.1 Å². The summed E-state index contributed by atoms with van der Waals surface area (Å²) < 4.78 is 10.9. The van der Waals surface area contributed by atoms with E-state index in [9.17, 15) is 0 Å². The second-order valence-electron chi connectivity index (χ2n) is 5.90. The van der Waals surface area contributed by atoms with Gasteiger partial charge in [-0.1, -0.05) is 0 Å². The maximum Gasteiger partial charge on any atom is 0.0646 e. The Bertz CT molecular complexity index is 228. The fourth-order valence-electron chi connectivity index (χ4n) is 2.84. The second kappa shape index (κ2) is 5.65. The van der Waals surface area contributed by atoms with Crippen molar-refractivity contribution < 1.29 is 9.47 Å². The minimum absolute atomic E-state index is 0.172. The van der Waals surface area contributed by atoms with Gasteiger partial charge in [0.05, 0.1) is 13.2 Å². The Morgan fingerprint density at radius 1 is 1.29 bits per heavy atom. The van der Waals surface area contributed by atoms with E-state index in [-0.39, 0.29) is 5.54 Å². The van der Waals surface area contributed by atoms with E-state index in [2.05, 4.69) is 17.6 Å². The van der Waals surface area contributed by atoms with Crippen LogP contribution in [-0.4, -0.2) is 52.1 Å². The molecule has 0 radical (unpaired) electrons. The third-order valence-corrected chi connectivity index (χ3v) is 4.22. The lowest BCUT2D eigenvalue weighted by atomic mass is 9.79. The van der Waals surface area contributed by atoms with E-state index >= 15 is 0 Å². The van der Waals surface area contributed by atoms with E-state index in [1.165, 1.54) is 12.8 Å². The molecule has 0 aliphatic carbocycles. The average molecular weight is 242 g/mol. The minimum atomic E-state index is 0.172. The van der Waals surface area contributed by atoms with Crippen molar-refractivity contribution in [2.75, 3.05) is 46.6 Å². The Morgan fingerprint density at radius 2 is 2.06 bits per heavy atom. The predicted octanol–water partition coefficient (Wildman–Crippen LogP) is 0.771. The largest absolute Gasteiger partial charge is 0.384 e. The van der Waals surface area contributed by atoms with Crippen LogP contribution >= 0.6 is 0 Å². The van der Waals surface area contributed by atoms with Crippen LogP contribution in [0.1, 0.15) is 26.2 Å². The first kappa shape index (κ1) is 13.3. The Kier molecular flexibility index (Phi) is 4.42. The van der Waals surface area contributed by atoms with Crippen molar-refractivity contribution in [1.29, 1.82) is 0 Å². The molecule has 0 saturated carbocycles. The lowest BCUT2D eigenvalue weighted by molar-refractivity contribution is 0.0461. The van der Waals surface area contributed by atoms with Crippen LogP contribution in [0.15, 0.2) is 0 Å². The standard InChI is InChI=1S/C13H26N2O2/c1-12(5-8-17-10-12)15-9-13(11-16-2)3-6-14-7-4-13/h14-15H,3-11H2,1-2H3. The van der Waals surface area contributed by atoms with Gasteiger partial charge in [-0.3, -0.25) is 0 Å². The quantitative estimate of drug-likeness (QED) is 0.747. The van der Waals surface area contributed by atoms with E-state index in [1.807, 2.05) is 7.11 Å². The summed E-state index contributed by atoms with van der Waals surface area (Å²) in [4.78, 5) is 0. The third kappa shape index (κ3) is 3.41. The molecule has 0 aromatic rings. The van der Waals surface area contributed by atoms with Crippen LogP contribution in [0.4, 0.5) is 0 Å². The molecule has 0 bridgehead atoms. The molecule has 1 atom stereocenters. The van der Waals surface area contributed by atoms with Gasteiger partial charge in [-0.05, 0) is 39.3 Å². The first-order valence-electron chi connectivity index (χ1n) is 6.71. The van der Waals surface area contributed by atoms with Crippen molar-refractivity contribution in [2.45, 2.75) is 31.7 Å². The summed E-state index contributed by atoms with van der Waals surface area (Å²) in [5.74, 6) is 0. The zero-order valence-corrected chi connectivity index (χ0v) is 11.2. The topological polar surface area (TPSA) is 42.5 Å². The number of methoxy groups -OCH3 is 1. The molecular formula is C13H26N2O2. The van der Waals surface area contributed by atoms with Gasteiger partial charge in [0, 0.05) is 31.2 Å². The van der Waals surface area contributed by atoms with Crippen molar-refractivity contribution >= 4 is 0 Å². The highest BCUT2D eigenvalue weighted by Gasteiger charge is 2.36. The lowest BCUT2D eigenvalue weighted by Gasteiger charge is -2.39. The number of hydrogen-bond donors (Lipinski definition) is 2. The summed E-state index contributed by atoms with van der Waals surface area (Å²) in [6.45, 7) is 8.12. The van der Waals surface area contributed by atoms with Gasteiger partial charge in [0.15, 0.2) is 0 Å².